The molecule has 1 saturated carbocycles. The molecule has 90 valence electrons. The van der Waals surface area contributed by atoms with E-state index in [1.54, 1.807) is 0 Å². The third-order valence-electron chi connectivity index (χ3n) is 3.25. The van der Waals surface area contributed by atoms with Crippen molar-refractivity contribution in [3.05, 3.63) is 40.1 Å². The third-order valence-corrected chi connectivity index (χ3v) is 4.27. The van der Waals surface area contributed by atoms with E-state index < -0.39 is 0 Å². The summed E-state index contributed by atoms with van der Waals surface area (Å²) in [6.07, 6.45) is 6.57. The highest BCUT2D eigenvalue weighted by Crippen LogP contribution is 2.35. The van der Waals surface area contributed by atoms with Crippen molar-refractivity contribution >= 4 is 11.3 Å². The molecule has 3 rings (SSSR count). The standard InChI is InChI=1S/C13H17N3S/c1-10-4-5-17-13(10)8-14-6-12-7-15-9-16(12)11-2-3-11/h4-5,7,9,11,14H,2-3,6,8H2,1H3. The number of nitrogens with one attached hydrogen (secondary N) is 1. The first kappa shape index (κ1) is 11.0. The van der Waals surface area contributed by atoms with Crippen molar-refractivity contribution in [3.63, 3.8) is 0 Å². The van der Waals surface area contributed by atoms with Gasteiger partial charge in [-0.05, 0) is 36.8 Å². The lowest BCUT2D eigenvalue weighted by Crippen LogP contribution is -2.15. The zero-order chi connectivity index (χ0) is 11.7. The lowest BCUT2D eigenvalue weighted by atomic mass is 10.3. The Kier molecular flexibility index (Phi) is 2.99. The van der Waals surface area contributed by atoms with Crippen LogP contribution >= 0.6 is 11.3 Å². The molecule has 2 aromatic heterocycles. The number of rotatable bonds is 5. The van der Waals surface area contributed by atoms with Crippen LogP contribution < -0.4 is 5.32 Å². The van der Waals surface area contributed by atoms with Gasteiger partial charge in [0.2, 0.25) is 0 Å². The average molecular weight is 247 g/mol. The fraction of sp³-hybridized carbons (Fsp3) is 0.462. The van der Waals surface area contributed by atoms with E-state index in [0.29, 0.717) is 0 Å². The molecule has 0 atom stereocenters. The van der Waals surface area contributed by atoms with Gasteiger partial charge in [0.05, 0.1) is 12.0 Å². The van der Waals surface area contributed by atoms with E-state index in [2.05, 4.69) is 33.2 Å². The van der Waals surface area contributed by atoms with Gasteiger partial charge in [0.1, 0.15) is 0 Å². The van der Waals surface area contributed by atoms with E-state index in [9.17, 15) is 0 Å². The summed E-state index contributed by atoms with van der Waals surface area (Å²) in [5, 5.41) is 5.66. The van der Waals surface area contributed by atoms with Crippen LogP contribution in [0.15, 0.2) is 24.0 Å². The molecule has 2 aromatic rings. The average Bonchev–Trinajstić information content (AvgIpc) is 2.93. The minimum Gasteiger partial charge on any atom is -0.330 e. The predicted molar refractivity (Wildman–Crippen MR) is 70.1 cm³/mol. The van der Waals surface area contributed by atoms with Gasteiger partial charge in [-0.25, -0.2) is 4.98 Å². The fourth-order valence-corrected chi connectivity index (χ4v) is 2.92. The van der Waals surface area contributed by atoms with Crippen LogP contribution in [0.3, 0.4) is 0 Å². The molecule has 0 aromatic carbocycles. The molecular formula is C13H17N3S. The summed E-state index contributed by atoms with van der Waals surface area (Å²) in [6.45, 7) is 4.04. The minimum absolute atomic E-state index is 0.720. The maximum Gasteiger partial charge on any atom is 0.0951 e. The van der Waals surface area contributed by atoms with Crippen LogP contribution in [0.5, 0.6) is 0 Å². The molecule has 1 fully saturated rings. The Balaban J connectivity index is 1.57. The van der Waals surface area contributed by atoms with E-state index in [1.165, 1.54) is 29.0 Å². The normalized spacial score (nSPS) is 15.4. The quantitative estimate of drug-likeness (QED) is 0.880. The largest absolute Gasteiger partial charge is 0.330 e. The number of thiophene rings is 1. The molecule has 1 aliphatic rings. The van der Waals surface area contributed by atoms with Crippen LogP contribution in [-0.4, -0.2) is 9.55 Å². The van der Waals surface area contributed by atoms with E-state index in [1.807, 2.05) is 23.9 Å². The van der Waals surface area contributed by atoms with Crippen molar-refractivity contribution in [2.75, 3.05) is 0 Å². The molecular weight excluding hydrogens is 230 g/mol. The van der Waals surface area contributed by atoms with Gasteiger partial charge in [-0.2, -0.15) is 0 Å². The molecule has 0 radical (unpaired) electrons. The number of nitrogens with zero attached hydrogens (tertiary/aromatic N) is 2. The van der Waals surface area contributed by atoms with Crippen molar-refractivity contribution in [1.82, 2.24) is 14.9 Å². The van der Waals surface area contributed by atoms with E-state index in [4.69, 9.17) is 0 Å². The molecule has 3 nitrogen and oxygen atoms in total. The van der Waals surface area contributed by atoms with Crippen LogP contribution in [0.4, 0.5) is 0 Å². The number of aryl methyl sites for hydroxylation is 1. The lowest BCUT2D eigenvalue weighted by molar-refractivity contribution is 0.623. The molecule has 1 N–H and O–H groups in total. The van der Waals surface area contributed by atoms with Crippen molar-refractivity contribution in [1.29, 1.82) is 0 Å². The molecule has 0 unspecified atom stereocenters. The number of imidazole rings is 1. The van der Waals surface area contributed by atoms with Gasteiger partial charge in [0.15, 0.2) is 0 Å². The molecule has 17 heavy (non-hydrogen) atoms. The Morgan fingerprint density at radius 2 is 2.35 bits per heavy atom. The second-order valence-electron chi connectivity index (χ2n) is 4.65. The summed E-state index contributed by atoms with van der Waals surface area (Å²) in [5.41, 5.74) is 2.69. The van der Waals surface area contributed by atoms with Gasteiger partial charge in [-0.1, -0.05) is 0 Å². The van der Waals surface area contributed by atoms with E-state index in [0.717, 1.165) is 19.1 Å². The molecule has 4 heteroatoms. The first-order chi connectivity index (χ1) is 8.34. The van der Waals surface area contributed by atoms with Gasteiger partial charge in [-0.15, -0.1) is 11.3 Å². The van der Waals surface area contributed by atoms with Crippen molar-refractivity contribution in [2.45, 2.75) is 38.9 Å². The number of hydrogen-bond donors (Lipinski definition) is 1. The molecule has 0 spiro atoms. The highest BCUT2D eigenvalue weighted by Gasteiger charge is 2.24. The van der Waals surface area contributed by atoms with Crippen LogP contribution in [0.2, 0.25) is 0 Å². The maximum absolute atomic E-state index is 4.24. The van der Waals surface area contributed by atoms with Crippen molar-refractivity contribution < 1.29 is 0 Å². The Morgan fingerprint density at radius 3 is 3.06 bits per heavy atom. The van der Waals surface area contributed by atoms with E-state index in [-0.39, 0.29) is 0 Å². The van der Waals surface area contributed by atoms with Gasteiger partial charge in [0.25, 0.3) is 0 Å². The van der Waals surface area contributed by atoms with Crippen LogP contribution in [0, 0.1) is 6.92 Å². The van der Waals surface area contributed by atoms with Gasteiger partial charge in [0, 0.05) is 30.2 Å². The monoisotopic (exact) mass is 247 g/mol. The molecule has 0 amide bonds. The summed E-state index contributed by atoms with van der Waals surface area (Å²) >= 11 is 1.82. The SMILES string of the molecule is Cc1ccsc1CNCc1cncn1C1CC1. The molecule has 0 saturated heterocycles. The second-order valence-corrected chi connectivity index (χ2v) is 5.65. The highest BCUT2D eigenvalue weighted by molar-refractivity contribution is 7.10. The third kappa shape index (κ3) is 2.42. The zero-order valence-corrected chi connectivity index (χ0v) is 10.8. The van der Waals surface area contributed by atoms with Crippen LogP contribution in [0.25, 0.3) is 0 Å². The summed E-state index contributed by atoms with van der Waals surface area (Å²) in [6, 6.07) is 2.90. The highest BCUT2D eigenvalue weighted by atomic mass is 32.1. The lowest BCUT2D eigenvalue weighted by Gasteiger charge is -2.07. The molecule has 2 heterocycles. The Morgan fingerprint density at radius 1 is 1.47 bits per heavy atom. The predicted octanol–water partition coefficient (Wildman–Crippen LogP) is 2.88. The summed E-state index contributed by atoms with van der Waals surface area (Å²) in [7, 11) is 0. The molecule has 1 aliphatic carbocycles. The van der Waals surface area contributed by atoms with Crippen LogP contribution in [-0.2, 0) is 13.1 Å². The molecule has 0 aliphatic heterocycles. The van der Waals surface area contributed by atoms with Crippen molar-refractivity contribution in [3.8, 4) is 0 Å². The fourth-order valence-electron chi connectivity index (χ4n) is 2.04. The first-order valence-corrected chi connectivity index (χ1v) is 6.97. The Labute approximate surface area is 106 Å². The molecule has 0 bridgehead atoms. The van der Waals surface area contributed by atoms with Gasteiger partial charge in [-0.3, -0.25) is 0 Å². The summed E-state index contributed by atoms with van der Waals surface area (Å²) in [5.74, 6) is 0. The summed E-state index contributed by atoms with van der Waals surface area (Å²) in [4.78, 5) is 5.68. The van der Waals surface area contributed by atoms with E-state index >= 15 is 0 Å². The topological polar surface area (TPSA) is 29.9 Å². The second kappa shape index (κ2) is 4.63. The maximum atomic E-state index is 4.24. The number of hydrogen-bond acceptors (Lipinski definition) is 3. The minimum atomic E-state index is 0.720. The zero-order valence-electron chi connectivity index (χ0n) is 10.0. The Hall–Kier alpha value is -1.13. The van der Waals surface area contributed by atoms with Gasteiger partial charge >= 0.3 is 0 Å². The smallest absolute Gasteiger partial charge is 0.0951 e. The van der Waals surface area contributed by atoms with Crippen LogP contribution in [0.1, 0.15) is 35.0 Å². The van der Waals surface area contributed by atoms with Gasteiger partial charge < -0.3 is 9.88 Å². The Bertz CT molecular complexity index is 496. The summed E-state index contributed by atoms with van der Waals surface area (Å²) < 4.78 is 2.31. The first-order valence-electron chi connectivity index (χ1n) is 6.09. The number of aromatic nitrogens is 2. The van der Waals surface area contributed by atoms with Crippen molar-refractivity contribution in [2.24, 2.45) is 0 Å².